The van der Waals surface area contributed by atoms with E-state index in [0.29, 0.717) is 5.37 Å². The lowest BCUT2D eigenvalue weighted by Gasteiger charge is -2.03. The van der Waals surface area contributed by atoms with Gasteiger partial charge in [0, 0.05) is 4.90 Å². The van der Waals surface area contributed by atoms with E-state index < -0.39 is 0 Å². The summed E-state index contributed by atoms with van der Waals surface area (Å²) in [5.74, 6) is 0. The number of fused-ring (bicyclic) bond motifs is 1. The summed E-state index contributed by atoms with van der Waals surface area (Å²) < 4.78 is 0. The van der Waals surface area contributed by atoms with Crippen LogP contribution >= 0.6 is 11.8 Å². The van der Waals surface area contributed by atoms with Crippen LogP contribution in [0.5, 0.6) is 0 Å². The molecule has 1 aliphatic rings. The highest BCUT2D eigenvalue weighted by atomic mass is 32.2. The van der Waals surface area contributed by atoms with E-state index in [1.54, 1.807) is 0 Å². The molecule has 11 heavy (non-hydrogen) atoms. The molecule has 0 saturated heterocycles. The fourth-order valence-corrected chi connectivity index (χ4v) is 2.40. The normalized spacial score (nSPS) is 21.1. The van der Waals surface area contributed by atoms with Crippen LogP contribution in [0, 0.1) is 6.92 Å². The second kappa shape index (κ2) is 2.45. The van der Waals surface area contributed by atoms with Gasteiger partial charge < -0.3 is 5.32 Å². The number of anilines is 1. The van der Waals surface area contributed by atoms with Crippen molar-refractivity contribution in [3.63, 3.8) is 0 Å². The zero-order valence-corrected chi connectivity index (χ0v) is 7.53. The number of hydrogen-bond donors (Lipinski definition) is 1. The van der Waals surface area contributed by atoms with Gasteiger partial charge in [-0.2, -0.15) is 0 Å². The standard InChI is InChI=1S/C9H11NS/c1-6-4-3-5-8-9(6)10-7(2)11-8/h3-5,7,10H,1-2H3. The average molecular weight is 165 g/mol. The molecular weight excluding hydrogens is 154 g/mol. The Balaban J connectivity index is 2.49. The summed E-state index contributed by atoms with van der Waals surface area (Å²) in [5, 5.41) is 3.96. The Kier molecular flexibility index (Phi) is 1.57. The first-order chi connectivity index (χ1) is 5.27. The largest absolute Gasteiger partial charge is 0.372 e. The highest BCUT2D eigenvalue weighted by Gasteiger charge is 2.17. The molecule has 1 nitrogen and oxygen atoms in total. The van der Waals surface area contributed by atoms with Crippen molar-refractivity contribution in [2.45, 2.75) is 24.1 Å². The first-order valence-electron chi connectivity index (χ1n) is 3.80. The van der Waals surface area contributed by atoms with Gasteiger partial charge in [-0.05, 0) is 25.5 Å². The van der Waals surface area contributed by atoms with Crippen molar-refractivity contribution in [3.05, 3.63) is 23.8 Å². The zero-order valence-electron chi connectivity index (χ0n) is 6.72. The van der Waals surface area contributed by atoms with Crippen LogP contribution in [0.25, 0.3) is 0 Å². The molecule has 0 radical (unpaired) electrons. The minimum Gasteiger partial charge on any atom is -0.372 e. The van der Waals surface area contributed by atoms with Crippen molar-refractivity contribution >= 4 is 17.4 Å². The van der Waals surface area contributed by atoms with Gasteiger partial charge in [-0.3, -0.25) is 0 Å². The fourth-order valence-electron chi connectivity index (χ4n) is 1.35. The van der Waals surface area contributed by atoms with E-state index in [1.807, 2.05) is 11.8 Å². The van der Waals surface area contributed by atoms with Crippen LogP contribution in [-0.2, 0) is 0 Å². The number of hydrogen-bond acceptors (Lipinski definition) is 2. The zero-order chi connectivity index (χ0) is 7.84. The van der Waals surface area contributed by atoms with E-state index in [2.05, 4.69) is 37.4 Å². The van der Waals surface area contributed by atoms with Crippen LogP contribution in [0.1, 0.15) is 12.5 Å². The van der Waals surface area contributed by atoms with E-state index in [0.717, 1.165) is 0 Å². The van der Waals surface area contributed by atoms with Gasteiger partial charge in [0.05, 0.1) is 11.1 Å². The third-order valence-electron chi connectivity index (χ3n) is 1.89. The smallest absolute Gasteiger partial charge is 0.0741 e. The van der Waals surface area contributed by atoms with E-state index in [-0.39, 0.29) is 0 Å². The molecule has 2 heteroatoms. The third-order valence-corrected chi connectivity index (χ3v) is 2.95. The fraction of sp³-hybridized carbons (Fsp3) is 0.333. The van der Waals surface area contributed by atoms with Gasteiger partial charge >= 0.3 is 0 Å². The topological polar surface area (TPSA) is 12.0 Å². The minimum atomic E-state index is 0.533. The number of para-hydroxylation sites is 1. The van der Waals surface area contributed by atoms with Gasteiger partial charge in [-0.1, -0.05) is 23.9 Å². The molecule has 2 rings (SSSR count). The van der Waals surface area contributed by atoms with Gasteiger partial charge in [0.1, 0.15) is 0 Å². The van der Waals surface area contributed by atoms with Crippen molar-refractivity contribution in [2.75, 3.05) is 5.32 Å². The Labute approximate surface area is 71.2 Å². The molecule has 0 saturated carbocycles. The molecular formula is C9H11NS. The predicted molar refractivity (Wildman–Crippen MR) is 50.1 cm³/mol. The Morgan fingerprint density at radius 1 is 1.45 bits per heavy atom. The molecule has 1 atom stereocenters. The van der Waals surface area contributed by atoms with Crippen LogP contribution in [0.4, 0.5) is 5.69 Å². The molecule has 1 unspecified atom stereocenters. The van der Waals surface area contributed by atoms with Gasteiger partial charge in [0.2, 0.25) is 0 Å². The molecule has 0 amide bonds. The van der Waals surface area contributed by atoms with E-state index in [9.17, 15) is 0 Å². The molecule has 58 valence electrons. The summed E-state index contributed by atoms with van der Waals surface area (Å²) in [6.45, 7) is 4.33. The van der Waals surface area contributed by atoms with Crippen molar-refractivity contribution in [2.24, 2.45) is 0 Å². The molecule has 0 spiro atoms. The molecule has 0 aromatic heterocycles. The SMILES string of the molecule is Cc1cccc2c1NC(C)S2. The Morgan fingerprint density at radius 3 is 3.00 bits per heavy atom. The first kappa shape index (κ1) is 7.04. The Hall–Kier alpha value is -0.630. The third kappa shape index (κ3) is 1.11. The first-order valence-corrected chi connectivity index (χ1v) is 4.68. The highest BCUT2D eigenvalue weighted by molar-refractivity contribution is 8.00. The van der Waals surface area contributed by atoms with Crippen molar-refractivity contribution in [1.82, 2.24) is 0 Å². The molecule has 1 aromatic rings. The quantitative estimate of drug-likeness (QED) is 0.634. The highest BCUT2D eigenvalue weighted by Crippen LogP contribution is 2.39. The summed E-state index contributed by atoms with van der Waals surface area (Å²) in [7, 11) is 0. The van der Waals surface area contributed by atoms with E-state index in [4.69, 9.17) is 0 Å². The summed E-state index contributed by atoms with van der Waals surface area (Å²) in [6.07, 6.45) is 0. The number of nitrogens with one attached hydrogen (secondary N) is 1. The Morgan fingerprint density at radius 2 is 2.27 bits per heavy atom. The van der Waals surface area contributed by atoms with Crippen molar-refractivity contribution in [1.29, 1.82) is 0 Å². The second-order valence-electron chi connectivity index (χ2n) is 2.85. The number of aryl methyl sites for hydroxylation is 1. The van der Waals surface area contributed by atoms with Gasteiger partial charge in [0.25, 0.3) is 0 Å². The summed E-state index contributed by atoms with van der Waals surface area (Å²) in [6, 6.07) is 6.43. The number of benzene rings is 1. The Bertz CT molecular complexity index is 283. The molecule has 1 heterocycles. The van der Waals surface area contributed by atoms with Gasteiger partial charge in [-0.15, -0.1) is 0 Å². The van der Waals surface area contributed by atoms with Gasteiger partial charge in [0.15, 0.2) is 0 Å². The number of thioether (sulfide) groups is 1. The van der Waals surface area contributed by atoms with Crippen LogP contribution in [0.2, 0.25) is 0 Å². The summed E-state index contributed by atoms with van der Waals surface area (Å²) in [4.78, 5) is 1.39. The number of rotatable bonds is 0. The van der Waals surface area contributed by atoms with E-state index >= 15 is 0 Å². The maximum Gasteiger partial charge on any atom is 0.0741 e. The molecule has 1 aliphatic heterocycles. The maximum absolute atomic E-state index is 3.43. The second-order valence-corrected chi connectivity index (χ2v) is 4.24. The summed E-state index contributed by atoms with van der Waals surface area (Å²) >= 11 is 1.89. The van der Waals surface area contributed by atoms with Crippen molar-refractivity contribution < 1.29 is 0 Å². The van der Waals surface area contributed by atoms with Crippen LogP contribution in [0.15, 0.2) is 23.1 Å². The monoisotopic (exact) mass is 165 g/mol. The van der Waals surface area contributed by atoms with Crippen molar-refractivity contribution in [3.8, 4) is 0 Å². The maximum atomic E-state index is 3.43. The summed E-state index contributed by atoms with van der Waals surface area (Å²) in [5.41, 5.74) is 2.67. The lowest BCUT2D eigenvalue weighted by atomic mass is 10.2. The predicted octanol–water partition coefficient (Wildman–Crippen LogP) is 2.86. The minimum absolute atomic E-state index is 0.533. The molecule has 0 bridgehead atoms. The van der Waals surface area contributed by atoms with Crippen LogP contribution < -0.4 is 5.32 Å². The lowest BCUT2D eigenvalue weighted by molar-refractivity contribution is 1.14. The van der Waals surface area contributed by atoms with E-state index in [1.165, 1.54) is 16.1 Å². The molecule has 0 aliphatic carbocycles. The average Bonchev–Trinajstić information content (AvgIpc) is 2.31. The van der Waals surface area contributed by atoms with Crippen LogP contribution in [0.3, 0.4) is 0 Å². The van der Waals surface area contributed by atoms with Crippen LogP contribution in [-0.4, -0.2) is 5.37 Å². The molecule has 1 N–H and O–H groups in total. The molecule has 1 aromatic carbocycles. The molecule has 0 fully saturated rings. The lowest BCUT2D eigenvalue weighted by Crippen LogP contribution is -2.03. The van der Waals surface area contributed by atoms with Gasteiger partial charge in [-0.25, -0.2) is 0 Å².